The second-order valence-electron chi connectivity index (χ2n) is 6.83. The van der Waals surface area contributed by atoms with Crippen LogP contribution in [-0.2, 0) is 9.47 Å². The van der Waals surface area contributed by atoms with Gasteiger partial charge in [-0.2, -0.15) is 0 Å². The Morgan fingerprint density at radius 2 is 1.95 bits per heavy atom. The molecule has 2 aliphatic carbocycles. The summed E-state index contributed by atoms with van der Waals surface area (Å²) in [6.45, 7) is 3.79. The van der Waals surface area contributed by atoms with Crippen LogP contribution < -0.4 is 5.73 Å². The summed E-state index contributed by atoms with van der Waals surface area (Å²) >= 11 is 0. The molecule has 1 heterocycles. The van der Waals surface area contributed by atoms with Gasteiger partial charge in [-0.1, -0.05) is 12.8 Å². The predicted octanol–water partition coefficient (Wildman–Crippen LogP) is 2.87. The minimum atomic E-state index is 0.181. The Bertz CT molecular complexity index is 297. The zero-order valence-electron chi connectivity index (χ0n) is 12.3. The number of hydrogen-bond acceptors (Lipinski definition) is 3. The van der Waals surface area contributed by atoms with E-state index in [1.807, 2.05) is 0 Å². The van der Waals surface area contributed by atoms with E-state index in [1.54, 1.807) is 0 Å². The van der Waals surface area contributed by atoms with Crippen LogP contribution in [-0.4, -0.2) is 31.0 Å². The molecule has 0 bridgehead atoms. The van der Waals surface area contributed by atoms with Gasteiger partial charge in [-0.25, -0.2) is 0 Å². The summed E-state index contributed by atoms with van der Waals surface area (Å²) in [5.74, 6) is 1.33. The minimum absolute atomic E-state index is 0.181. The van der Waals surface area contributed by atoms with Gasteiger partial charge >= 0.3 is 0 Å². The highest BCUT2D eigenvalue weighted by molar-refractivity contribution is 4.98. The maximum atomic E-state index is 6.59. The van der Waals surface area contributed by atoms with Crippen LogP contribution in [0.25, 0.3) is 0 Å². The zero-order valence-corrected chi connectivity index (χ0v) is 12.3. The predicted molar refractivity (Wildman–Crippen MR) is 76.0 cm³/mol. The average Bonchev–Trinajstić information content (AvgIpc) is 3.18. The monoisotopic (exact) mass is 267 g/mol. The summed E-state index contributed by atoms with van der Waals surface area (Å²) in [5.41, 5.74) is 6.77. The van der Waals surface area contributed by atoms with Crippen LogP contribution in [0.5, 0.6) is 0 Å². The van der Waals surface area contributed by atoms with Crippen molar-refractivity contribution in [3.05, 3.63) is 0 Å². The van der Waals surface area contributed by atoms with Crippen LogP contribution >= 0.6 is 0 Å². The summed E-state index contributed by atoms with van der Waals surface area (Å²) in [5, 5.41) is 0. The second-order valence-corrected chi connectivity index (χ2v) is 6.83. The second kappa shape index (κ2) is 5.71. The third-order valence-corrected chi connectivity index (χ3v) is 5.42. The van der Waals surface area contributed by atoms with Crippen molar-refractivity contribution in [2.24, 2.45) is 17.6 Å². The molecule has 3 rings (SSSR count). The summed E-state index contributed by atoms with van der Waals surface area (Å²) in [7, 11) is 0. The van der Waals surface area contributed by atoms with E-state index in [4.69, 9.17) is 15.2 Å². The van der Waals surface area contributed by atoms with Crippen molar-refractivity contribution in [3.63, 3.8) is 0 Å². The SMILES string of the molecule is CCOC(C1CC1)C(N)C1CCOC2(CCCC2)C1. The van der Waals surface area contributed by atoms with Gasteiger partial charge in [-0.05, 0) is 57.3 Å². The molecule has 0 amide bonds. The number of hydrogen-bond donors (Lipinski definition) is 1. The Morgan fingerprint density at radius 1 is 1.21 bits per heavy atom. The molecule has 19 heavy (non-hydrogen) atoms. The smallest absolute Gasteiger partial charge is 0.0756 e. The van der Waals surface area contributed by atoms with E-state index in [0.29, 0.717) is 12.0 Å². The van der Waals surface area contributed by atoms with Crippen molar-refractivity contribution in [2.75, 3.05) is 13.2 Å². The average molecular weight is 267 g/mol. The highest BCUT2D eigenvalue weighted by Gasteiger charge is 2.45. The van der Waals surface area contributed by atoms with Gasteiger partial charge in [0.2, 0.25) is 0 Å². The van der Waals surface area contributed by atoms with Crippen LogP contribution in [0.3, 0.4) is 0 Å². The van der Waals surface area contributed by atoms with Crippen LogP contribution in [0.4, 0.5) is 0 Å². The Kier molecular flexibility index (Phi) is 4.16. The number of rotatable bonds is 5. The fourth-order valence-corrected chi connectivity index (χ4v) is 4.21. The third-order valence-electron chi connectivity index (χ3n) is 5.42. The van der Waals surface area contributed by atoms with E-state index < -0.39 is 0 Å². The lowest BCUT2D eigenvalue weighted by Crippen LogP contribution is -2.50. The first kappa shape index (κ1) is 13.8. The first-order valence-corrected chi connectivity index (χ1v) is 8.25. The number of ether oxygens (including phenoxy) is 2. The molecule has 0 aromatic carbocycles. The molecule has 3 aliphatic rings. The van der Waals surface area contributed by atoms with E-state index in [1.165, 1.54) is 44.9 Å². The van der Waals surface area contributed by atoms with Crippen molar-refractivity contribution in [3.8, 4) is 0 Å². The van der Waals surface area contributed by atoms with Gasteiger partial charge in [0.1, 0.15) is 0 Å². The minimum Gasteiger partial charge on any atom is -0.377 e. The highest BCUT2D eigenvalue weighted by atomic mass is 16.5. The van der Waals surface area contributed by atoms with E-state index in [0.717, 1.165) is 25.6 Å². The molecule has 2 saturated carbocycles. The Labute approximate surface area is 117 Å². The Morgan fingerprint density at radius 3 is 2.58 bits per heavy atom. The molecule has 1 saturated heterocycles. The number of nitrogens with two attached hydrogens (primary N) is 1. The zero-order chi connectivity index (χ0) is 13.3. The lowest BCUT2D eigenvalue weighted by molar-refractivity contribution is -0.106. The van der Waals surface area contributed by atoms with Gasteiger partial charge in [-0.15, -0.1) is 0 Å². The van der Waals surface area contributed by atoms with E-state index in [9.17, 15) is 0 Å². The quantitative estimate of drug-likeness (QED) is 0.833. The molecule has 3 fully saturated rings. The maximum Gasteiger partial charge on any atom is 0.0756 e. The van der Waals surface area contributed by atoms with E-state index >= 15 is 0 Å². The molecule has 3 heteroatoms. The van der Waals surface area contributed by atoms with Crippen molar-refractivity contribution in [1.82, 2.24) is 0 Å². The van der Waals surface area contributed by atoms with Gasteiger partial charge in [-0.3, -0.25) is 0 Å². The molecular formula is C16H29NO2. The molecule has 1 spiro atoms. The topological polar surface area (TPSA) is 44.5 Å². The van der Waals surface area contributed by atoms with Crippen LogP contribution in [0.2, 0.25) is 0 Å². The molecule has 0 radical (unpaired) electrons. The molecule has 2 N–H and O–H groups in total. The first-order chi connectivity index (χ1) is 9.24. The van der Waals surface area contributed by atoms with E-state index in [-0.39, 0.29) is 11.6 Å². The fraction of sp³-hybridized carbons (Fsp3) is 1.00. The lowest BCUT2D eigenvalue weighted by atomic mass is 9.78. The summed E-state index contributed by atoms with van der Waals surface area (Å²) in [4.78, 5) is 0. The van der Waals surface area contributed by atoms with Crippen molar-refractivity contribution >= 4 is 0 Å². The Balaban J connectivity index is 1.63. The third kappa shape index (κ3) is 2.98. The van der Waals surface area contributed by atoms with Gasteiger partial charge < -0.3 is 15.2 Å². The van der Waals surface area contributed by atoms with Gasteiger partial charge in [0.25, 0.3) is 0 Å². The molecule has 3 nitrogen and oxygen atoms in total. The largest absolute Gasteiger partial charge is 0.377 e. The molecule has 1 aliphatic heterocycles. The molecule has 0 aromatic rings. The molecule has 110 valence electrons. The molecule has 0 aromatic heterocycles. The normalized spacial score (nSPS) is 33.5. The lowest BCUT2D eigenvalue weighted by Gasteiger charge is -2.42. The van der Waals surface area contributed by atoms with E-state index in [2.05, 4.69) is 6.92 Å². The summed E-state index contributed by atoms with van der Waals surface area (Å²) < 4.78 is 12.1. The standard InChI is InChI=1S/C16H29NO2/c1-2-18-15(12-5-6-12)14(17)13-7-10-19-16(11-13)8-3-4-9-16/h12-15H,2-11,17H2,1H3. The van der Waals surface area contributed by atoms with Gasteiger partial charge in [0, 0.05) is 19.3 Å². The van der Waals surface area contributed by atoms with Crippen LogP contribution in [0, 0.1) is 11.8 Å². The van der Waals surface area contributed by atoms with Crippen LogP contribution in [0.1, 0.15) is 58.3 Å². The van der Waals surface area contributed by atoms with Crippen molar-refractivity contribution in [1.29, 1.82) is 0 Å². The highest BCUT2D eigenvalue weighted by Crippen LogP contribution is 2.45. The fourth-order valence-electron chi connectivity index (χ4n) is 4.21. The Hall–Kier alpha value is -0.120. The summed E-state index contributed by atoms with van der Waals surface area (Å²) in [6, 6.07) is 0.217. The van der Waals surface area contributed by atoms with Crippen molar-refractivity contribution in [2.45, 2.75) is 76.0 Å². The molecular weight excluding hydrogens is 238 g/mol. The molecule has 3 atom stereocenters. The van der Waals surface area contributed by atoms with Crippen molar-refractivity contribution < 1.29 is 9.47 Å². The van der Waals surface area contributed by atoms with Gasteiger partial charge in [0.15, 0.2) is 0 Å². The van der Waals surface area contributed by atoms with Crippen LogP contribution in [0.15, 0.2) is 0 Å². The molecule has 3 unspecified atom stereocenters. The summed E-state index contributed by atoms with van der Waals surface area (Å²) in [6.07, 6.45) is 10.4. The maximum absolute atomic E-state index is 6.59. The van der Waals surface area contributed by atoms with Gasteiger partial charge in [0.05, 0.1) is 11.7 Å². The first-order valence-electron chi connectivity index (χ1n) is 8.25.